The van der Waals surface area contributed by atoms with Crippen LogP contribution in [0, 0.1) is 18.6 Å². The maximum absolute atomic E-state index is 13.1. The molecule has 0 amide bonds. The van der Waals surface area contributed by atoms with Gasteiger partial charge in [-0.05, 0) is 31.5 Å². The highest BCUT2D eigenvalue weighted by atomic mass is 32.1. The summed E-state index contributed by atoms with van der Waals surface area (Å²) in [5, 5.41) is 13.1. The van der Waals surface area contributed by atoms with Crippen molar-refractivity contribution in [2.45, 2.75) is 25.9 Å². The molecule has 0 fully saturated rings. The Balaban J connectivity index is 2.29. The number of aliphatic hydroxyl groups is 1. The van der Waals surface area contributed by atoms with E-state index in [-0.39, 0.29) is 12.0 Å². The third kappa shape index (κ3) is 2.91. The molecule has 0 aliphatic rings. The van der Waals surface area contributed by atoms with Gasteiger partial charge < -0.3 is 5.11 Å². The van der Waals surface area contributed by atoms with Crippen LogP contribution in [-0.2, 0) is 12.0 Å². The maximum atomic E-state index is 13.1. The van der Waals surface area contributed by atoms with Crippen molar-refractivity contribution in [2.75, 3.05) is 0 Å². The number of halogens is 2. The van der Waals surface area contributed by atoms with Crippen molar-refractivity contribution < 1.29 is 13.9 Å². The van der Waals surface area contributed by atoms with Crippen LogP contribution in [0.4, 0.5) is 8.78 Å². The lowest BCUT2D eigenvalue weighted by Crippen LogP contribution is -2.25. The minimum atomic E-state index is -1.34. The van der Waals surface area contributed by atoms with Gasteiger partial charge in [0.1, 0.15) is 11.6 Å². The van der Waals surface area contributed by atoms with Crippen LogP contribution < -0.4 is 0 Å². The van der Waals surface area contributed by atoms with E-state index in [1.54, 1.807) is 0 Å². The van der Waals surface area contributed by atoms with Gasteiger partial charge in [-0.2, -0.15) is 0 Å². The monoisotopic (exact) mass is 269 g/mol. The van der Waals surface area contributed by atoms with Gasteiger partial charge in [0.25, 0.3) is 0 Å². The number of benzene rings is 1. The highest BCUT2D eigenvalue weighted by molar-refractivity contribution is 7.09. The molecule has 1 heterocycles. The van der Waals surface area contributed by atoms with Crippen molar-refractivity contribution in [3.63, 3.8) is 0 Å². The quantitative estimate of drug-likeness (QED) is 0.928. The summed E-state index contributed by atoms with van der Waals surface area (Å²) in [7, 11) is 0. The highest BCUT2D eigenvalue weighted by Gasteiger charge is 2.26. The Morgan fingerprint density at radius 1 is 1.28 bits per heavy atom. The molecule has 1 aromatic heterocycles. The van der Waals surface area contributed by atoms with Crippen molar-refractivity contribution in [3.05, 3.63) is 51.5 Å². The van der Waals surface area contributed by atoms with Gasteiger partial charge in [0.15, 0.2) is 0 Å². The summed E-state index contributed by atoms with van der Waals surface area (Å²) >= 11 is 1.48. The molecule has 5 heteroatoms. The topological polar surface area (TPSA) is 33.1 Å². The maximum Gasteiger partial charge on any atom is 0.126 e. The first-order valence-electron chi connectivity index (χ1n) is 5.47. The zero-order valence-corrected chi connectivity index (χ0v) is 10.9. The number of thiazole rings is 1. The molecule has 96 valence electrons. The first kappa shape index (κ1) is 13.1. The lowest BCUT2D eigenvalue weighted by Gasteiger charge is -2.23. The summed E-state index contributed by atoms with van der Waals surface area (Å²) in [6.45, 7) is 3.39. The van der Waals surface area contributed by atoms with Crippen LogP contribution in [0.15, 0.2) is 23.6 Å². The second-order valence-electron chi connectivity index (χ2n) is 4.47. The molecule has 1 atom stereocenters. The predicted octanol–water partition coefficient (Wildman–Crippen LogP) is 3.18. The Kier molecular flexibility index (Phi) is 3.45. The lowest BCUT2D eigenvalue weighted by atomic mass is 9.91. The molecule has 1 N–H and O–H groups in total. The van der Waals surface area contributed by atoms with Gasteiger partial charge in [0, 0.05) is 17.9 Å². The number of aryl methyl sites for hydroxylation is 1. The van der Waals surface area contributed by atoms with E-state index in [0.29, 0.717) is 5.69 Å². The Labute approximate surface area is 108 Å². The Morgan fingerprint density at radius 2 is 1.89 bits per heavy atom. The van der Waals surface area contributed by atoms with Crippen molar-refractivity contribution in [3.8, 4) is 0 Å². The molecule has 0 saturated heterocycles. The van der Waals surface area contributed by atoms with E-state index < -0.39 is 17.2 Å². The average molecular weight is 269 g/mol. The second-order valence-corrected chi connectivity index (χ2v) is 5.53. The summed E-state index contributed by atoms with van der Waals surface area (Å²) in [6.07, 6.45) is 0.222. The standard InChI is InChI=1S/C13H13F2NOS/c1-8-16-12(7-18-8)6-13(2,17)9-3-10(14)5-11(15)4-9/h3-5,7,17H,6H2,1-2H3. The molecule has 0 radical (unpaired) electrons. The molecule has 1 unspecified atom stereocenters. The third-order valence-corrected chi connectivity index (χ3v) is 3.50. The summed E-state index contributed by atoms with van der Waals surface area (Å²) in [5.74, 6) is -1.39. The number of hydrogen-bond donors (Lipinski definition) is 1. The van der Waals surface area contributed by atoms with Gasteiger partial charge in [-0.1, -0.05) is 0 Å². The van der Waals surface area contributed by atoms with Crippen molar-refractivity contribution in [2.24, 2.45) is 0 Å². The van der Waals surface area contributed by atoms with Gasteiger partial charge in [-0.15, -0.1) is 11.3 Å². The first-order chi connectivity index (χ1) is 8.37. The molecule has 0 bridgehead atoms. The SMILES string of the molecule is Cc1nc(CC(C)(O)c2cc(F)cc(F)c2)cs1. The summed E-state index contributed by atoms with van der Waals surface area (Å²) in [6, 6.07) is 3.07. The molecular weight excluding hydrogens is 256 g/mol. The van der Waals surface area contributed by atoms with Crippen molar-refractivity contribution in [1.29, 1.82) is 0 Å². The minimum absolute atomic E-state index is 0.214. The van der Waals surface area contributed by atoms with Crippen LogP contribution in [0.3, 0.4) is 0 Å². The van der Waals surface area contributed by atoms with Crippen LogP contribution in [0.25, 0.3) is 0 Å². The molecule has 1 aromatic carbocycles. The normalized spacial score (nSPS) is 14.5. The highest BCUT2D eigenvalue weighted by Crippen LogP contribution is 2.27. The average Bonchev–Trinajstić information content (AvgIpc) is 2.61. The van der Waals surface area contributed by atoms with Gasteiger partial charge in [0.05, 0.1) is 16.3 Å². The van der Waals surface area contributed by atoms with Gasteiger partial charge in [-0.25, -0.2) is 13.8 Å². The largest absolute Gasteiger partial charge is 0.385 e. The lowest BCUT2D eigenvalue weighted by molar-refractivity contribution is 0.0560. The van der Waals surface area contributed by atoms with Crippen molar-refractivity contribution in [1.82, 2.24) is 4.98 Å². The van der Waals surface area contributed by atoms with Crippen LogP contribution in [0.2, 0.25) is 0 Å². The summed E-state index contributed by atoms with van der Waals surface area (Å²) in [4.78, 5) is 4.24. The van der Waals surface area contributed by atoms with E-state index in [0.717, 1.165) is 23.2 Å². The Morgan fingerprint density at radius 3 is 2.39 bits per heavy atom. The molecule has 2 nitrogen and oxygen atoms in total. The second kappa shape index (κ2) is 4.74. The Hall–Kier alpha value is -1.33. The molecular formula is C13H13F2NOS. The van der Waals surface area contributed by atoms with Gasteiger partial charge >= 0.3 is 0 Å². The van der Waals surface area contributed by atoms with Gasteiger partial charge in [-0.3, -0.25) is 0 Å². The van der Waals surface area contributed by atoms with Crippen molar-refractivity contribution >= 4 is 11.3 Å². The predicted molar refractivity (Wildman–Crippen MR) is 66.5 cm³/mol. The molecule has 2 aromatic rings. The molecule has 2 rings (SSSR count). The third-order valence-electron chi connectivity index (χ3n) is 2.68. The number of hydrogen-bond acceptors (Lipinski definition) is 3. The van der Waals surface area contributed by atoms with E-state index in [4.69, 9.17) is 0 Å². The van der Waals surface area contributed by atoms with Crippen LogP contribution in [0.5, 0.6) is 0 Å². The van der Waals surface area contributed by atoms with E-state index in [1.807, 2.05) is 12.3 Å². The molecule has 18 heavy (non-hydrogen) atoms. The van der Waals surface area contributed by atoms with E-state index >= 15 is 0 Å². The smallest absolute Gasteiger partial charge is 0.126 e. The van der Waals surface area contributed by atoms with E-state index in [2.05, 4.69) is 4.98 Å². The fraction of sp³-hybridized carbons (Fsp3) is 0.308. The molecule has 0 saturated carbocycles. The van der Waals surface area contributed by atoms with Gasteiger partial charge in [0.2, 0.25) is 0 Å². The molecule has 0 aliphatic carbocycles. The minimum Gasteiger partial charge on any atom is -0.385 e. The number of rotatable bonds is 3. The van der Waals surface area contributed by atoms with Crippen LogP contribution in [-0.4, -0.2) is 10.1 Å². The number of aromatic nitrogens is 1. The Bertz CT molecular complexity index is 546. The molecule has 0 spiro atoms. The fourth-order valence-electron chi connectivity index (χ4n) is 1.81. The first-order valence-corrected chi connectivity index (χ1v) is 6.35. The van der Waals surface area contributed by atoms with E-state index in [9.17, 15) is 13.9 Å². The summed E-state index contributed by atoms with van der Waals surface area (Å²) < 4.78 is 26.3. The van der Waals surface area contributed by atoms with E-state index in [1.165, 1.54) is 18.3 Å². The van der Waals surface area contributed by atoms with Crippen LogP contribution >= 0.6 is 11.3 Å². The molecule has 0 aliphatic heterocycles. The zero-order chi connectivity index (χ0) is 13.3. The fourth-order valence-corrected chi connectivity index (χ4v) is 2.42. The van der Waals surface area contributed by atoms with Crippen LogP contribution in [0.1, 0.15) is 23.2 Å². The zero-order valence-electron chi connectivity index (χ0n) is 10.1. The number of nitrogens with zero attached hydrogens (tertiary/aromatic N) is 1. The summed E-state index contributed by atoms with van der Waals surface area (Å²) in [5.41, 5.74) is -0.415.